The molecule has 0 N–H and O–H groups in total. The molecule has 2 aromatic heterocycles. The van der Waals surface area contributed by atoms with Gasteiger partial charge in [-0.2, -0.15) is 0 Å². The third-order valence-electron chi connectivity index (χ3n) is 4.32. The minimum Gasteiger partial charge on any atom is -0.356 e. The van der Waals surface area contributed by atoms with Gasteiger partial charge in [0.25, 0.3) is 0 Å². The Morgan fingerprint density at radius 1 is 1.29 bits per heavy atom. The molecular weight excluding hydrogens is 264 g/mol. The van der Waals surface area contributed by atoms with Gasteiger partial charge < -0.3 is 4.90 Å². The fourth-order valence-corrected chi connectivity index (χ4v) is 2.73. The molecule has 112 valence electrons. The van der Waals surface area contributed by atoms with E-state index in [2.05, 4.69) is 34.0 Å². The van der Waals surface area contributed by atoms with Gasteiger partial charge in [0.1, 0.15) is 11.6 Å². The third kappa shape index (κ3) is 3.04. The van der Waals surface area contributed by atoms with Crippen LogP contribution in [0.1, 0.15) is 50.9 Å². The van der Waals surface area contributed by atoms with E-state index in [0.29, 0.717) is 12.0 Å². The van der Waals surface area contributed by atoms with Crippen LogP contribution >= 0.6 is 0 Å². The molecule has 0 aromatic carbocycles. The summed E-state index contributed by atoms with van der Waals surface area (Å²) in [6.07, 6.45) is 8.80. The molecule has 3 heterocycles. The third-order valence-corrected chi connectivity index (χ3v) is 4.32. The molecule has 1 aliphatic rings. The molecule has 1 atom stereocenters. The average Bonchev–Trinajstić information content (AvgIpc) is 3.09. The van der Waals surface area contributed by atoms with E-state index < -0.39 is 0 Å². The maximum Gasteiger partial charge on any atom is 0.133 e. The van der Waals surface area contributed by atoms with Gasteiger partial charge in [0, 0.05) is 31.4 Å². The molecule has 0 radical (unpaired) electrons. The zero-order chi connectivity index (χ0) is 14.7. The summed E-state index contributed by atoms with van der Waals surface area (Å²) in [6.45, 7) is 6.35. The molecule has 0 aliphatic carbocycles. The van der Waals surface area contributed by atoms with Crippen LogP contribution in [0.15, 0.2) is 24.7 Å². The van der Waals surface area contributed by atoms with E-state index in [1.165, 1.54) is 0 Å². The SMILES string of the molecule is CCC(C)c1nccc(N2CCC(n3ccnn3)CC2)n1. The molecule has 6 nitrogen and oxygen atoms in total. The van der Waals surface area contributed by atoms with Gasteiger partial charge in [-0.25, -0.2) is 14.6 Å². The fraction of sp³-hybridized carbons (Fsp3) is 0.600. The van der Waals surface area contributed by atoms with Crippen molar-refractivity contribution in [3.05, 3.63) is 30.5 Å². The number of hydrogen-bond donors (Lipinski definition) is 0. The summed E-state index contributed by atoms with van der Waals surface area (Å²) >= 11 is 0. The fourth-order valence-electron chi connectivity index (χ4n) is 2.73. The first-order chi connectivity index (χ1) is 10.3. The number of aromatic nitrogens is 5. The van der Waals surface area contributed by atoms with E-state index in [0.717, 1.165) is 44.0 Å². The van der Waals surface area contributed by atoms with Gasteiger partial charge >= 0.3 is 0 Å². The van der Waals surface area contributed by atoms with E-state index in [4.69, 9.17) is 4.98 Å². The summed E-state index contributed by atoms with van der Waals surface area (Å²) in [5.41, 5.74) is 0. The Morgan fingerprint density at radius 2 is 2.10 bits per heavy atom. The first kappa shape index (κ1) is 14.0. The highest BCUT2D eigenvalue weighted by Crippen LogP contribution is 2.25. The van der Waals surface area contributed by atoms with Crippen molar-refractivity contribution >= 4 is 5.82 Å². The van der Waals surface area contributed by atoms with Gasteiger partial charge in [-0.15, -0.1) is 5.10 Å². The molecule has 1 saturated heterocycles. The highest BCUT2D eigenvalue weighted by Gasteiger charge is 2.22. The lowest BCUT2D eigenvalue weighted by Crippen LogP contribution is -2.35. The van der Waals surface area contributed by atoms with Crippen LogP contribution in [0.5, 0.6) is 0 Å². The molecule has 21 heavy (non-hydrogen) atoms. The smallest absolute Gasteiger partial charge is 0.133 e. The molecule has 1 unspecified atom stereocenters. The lowest BCUT2D eigenvalue weighted by molar-refractivity contribution is 0.359. The molecule has 0 saturated carbocycles. The number of hydrogen-bond acceptors (Lipinski definition) is 5. The second kappa shape index (κ2) is 6.20. The molecule has 0 spiro atoms. The van der Waals surface area contributed by atoms with Crippen molar-refractivity contribution in [1.29, 1.82) is 0 Å². The van der Waals surface area contributed by atoms with E-state index in [-0.39, 0.29) is 0 Å². The van der Waals surface area contributed by atoms with Gasteiger partial charge in [-0.3, -0.25) is 0 Å². The lowest BCUT2D eigenvalue weighted by Gasteiger charge is -2.32. The molecule has 2 aromatic rings. The topological polar surface area (TPSA) is 59.7 Å². The average molecular weight is 286 g/mol. The quantitative estimate of drug-likeness (QED) is 0.864. The second-order valence-electron chi connectivity index (χ2n) is 5.68. The molecule has 1 fully saturated rings. The number of nitrogens with zero attached hydrogens (tertiary/aromatic N) is 6. The Bertz CT molecular complexity index is 559. The van der Waals surface area contributed by atoms with Crippen LogP contribution in [-0.4, -0.2) is 38.1 Å². The Morgan fingerprint density at radius 3 is 2.76 bits per heavy atom. The van der Waals surface area contributed by atoms with Crippen LogP contribution in [0.2, 0.25) is 0 Å². The molecular formula is C15H22N6. The van der Waals surface area contributed by atoms with Gasteiger partial charge in [0.15, 0.2) is 0 Å². The summed E-state index contributed by atoms with van der Waals surface area (Å²) in [7, 11) is 0. The number of piperidine rings is 1. The van der Waals surface area contributed by atoms with Crippen molar-refractivity contribution in [2.75, 3.05) is 18.0 Å². The van der Waals surface area contributed by atoms with Gasteiger partial charge in [-0.1, -0.05) is 19.1 Å². The summed E-state index contributed by atoms with van der Waals surface area (Å²) in [4.78, 5) is 11.5. The van der Waals surface area contributed by atoms with E-state index >= 15 is 0 Å². The largest absolute Gasteiger partial charge is 0.356 e. The van der Waals surface area contributed by atoms with Crippen molar-refractivity contribution in [2.24, 2.45) is 0 Å². The van der Waals surface area contributed by atoms with Gasteiger partial charge in [-0.05, 0) is 25.3 Å². The monoisotopic (exact) mass is 286 g/mol. The van der Waals surface area contributed by atoms with E-state index in [1.54, 1.807) is 6.20 Å². The molecule has 3 rings (SSSR count). The first-order valence-corrected chi connectivity index (χ1v) is 7.71. The predicted molar refractivity (Wildman–Crippen MR) is 81.2 cm³/mol. The highest BCUT2D eigenvalue weighted by atomic mass is 15.4. The minimum absolute atomic E-state index is 0.414. The van der Waals surface area contributed by atoms with Crippen LogP contribution in [0.25, 0.3) is 0 Å². The molecule has 0 bridgehead atoms. The summed E-state index contributed by atoms with van der Waals surface area (Å²) in [5.74, 6) is 2.42. The van der Waals surface area contributed by atoms with Crippen LogP contribution in [0.4, 0.5) is 5.82 Å². The van der Waals surface area contributed by atoms with Crippen LogP contribution in [0.3, 0.4) is 0 Å². The molecule has 1 aliphatic heterocycles. The van der Waals surface area contributed by atoms with Crippen LogP contribution < -0.4 is 4.90 Å². The number of rotatable bonds is 4. The Labute approximate surface area is 125 Å². The Kier molecular flexibility index (Phi) is 4.13. The van der Waals surface area contributed by atoms with Gasteiger partial charge in [0.05, 0.1) is 12.2 Å². The zero-order valence-electron chi connectivity index (χ0n) is 12.7. The van der Waals surface area contributed by atoms with Crippen LogP contribution in [0, 0.1) is 0 Å². The maximum atomic E-state index is 4.73. The number of anilines is 1. The highest BCUT2D eigenvalue weighted by molar-refractivity contribution is 5.38. The van der Waals surface area contributed by atoms with E-state index in [9.17, 15) is 0 Å². The Hall–Kier alpha value is -1.98. The van der Waals surface area contributed by atoms with Crippen molar-refractivity contribution in [3.63, 3.8) is 0 Å². The molecule has 0 amide bonds. The minimum atomic E-state index is 0.414. The standard InChI is InChI=1S/C15H22N6/c1-3-12(2)15-16-7-4-14(18-15)20-9-5-13(6-10-20)21-11-8-17-19-21/h4,7-8,11-13H,3,5-6,9-10H2,1-2H3. The van der Waals surface area contributed by atoms with Crippen molar-refractivity contribution in [1.82, 2.24) is 25.0 Å². The second-order valence-corrected chi connectivity index (χ2v) is 5.68. The Balaban J connectivity index is 1.66. The predicted octanol–water partition coefficient (Wildman–Crippen LogP) is 2.42. The summed E-state index contributed by atoms with van der Waals surface area (Å²) in [6, 6.07) is 2.47. The zero-order valence-corrected chi connectivity index (χ0v) is 12.7. The lowest BCUT2D eigenvalue weighted by atomic mass is 10.1. The van der Waals surface area contributed by atoms with E-state index in [1.807, 2.05) is 23.1 Å². The van der Waals surface area contributed by atoms with Gasteiger partial charge in [0.2, 0.25) is 0 Å². The normalized spacial score (nSPS) is 17.9. The van der Waals surface area contributed by atoms with Crippen molar-refractivity contribution < 1.29 is 0 Å². The van der Waals surface area contributed by atoms with Crippen molar-refractivity contribution in [3.8, 4) is 0 Å². The summed E-state index contributed by atoms with van der Waals surface area (Å²) < 4.78 is 1.97. The molecule has 6 heteroatoms. The van der Waals surface area contributed by atoms with Crippen LogP contribution in [-0.2, 0) is 0 Å². The van der Waals surface area contributed by atoms with Crippen molar-refractivity contribution in [2.45, 2.75) is 45.1 Å². The first-order valence-electron chi connectivity index (χ1n) is 7.71. The summed E-state index contributed by atoms with van der Waals surface area (Å²) in [5, 5.41) is 8.00. The maximum absolute atomic E-state index is 4.73.